The summed E-state index contributed by atoms with van der Waals surface area (Å²) in [6.07, 6.45) is -1.96. The zero-order valence-corrected chi connectivity index (χ0v) is 20.4. The largest absolute Gasteiger partial charge is 0.444 e. The fraction of sp³-hybridized carbons (Fsp3) is 0.667. The van der Waals surface area contributed by atoms with E-state index in [0.717, 1.165) is 0 Å². The van der Waals surface area contributed by atoms with Gasteiger partial charge in [0.25, 0.3) is 5.56 Å². The number of aliphatic hydroxyl groups is 2. The molecule has 1 aromatic heterocycles. The van der Waals surface area contributed by atoms with E-state index in [1.54, 1.807) is 20.8 Å². The molecule has 0 fully saturated rings. The maximum absolute atomic E-state index is 12.9. The molecule has 196 valence electrons. The summed E-state index contributed by atoms with van der Waals surface area (Å²) in [7, 11) is 0. The zero-order chi connectivity index (χ0) is 26.3. The smallest absolute Gasteiger partial charge is 0.408 e. The number of amides is 2. The second-order valence-corrected chi connectivity index (χ2v) is 9.45. The average molecular weight is 497 g/mol. The summed E-state index contributed by atoms with van der Waals surface area (Å²) >= 11 is 0. The summed E-state index contributed by atoms with van der Waals surface area (Å²) in [6.45, 7) is 7.09. The molecule has 2 heterocycles. The molecular formula is C21H36N8O6. The Morgan fingerprint density at radius 1 is 1.31 bits per heavy atom. The Hall–Kier alpha value is -3.39. The maximum atomic E-state index is 12.9. The van der Waals surface area contributed by atoms with Crippen LogP contribution in [0.5, 0.6) is 0 Å². The topological polar surface area (TPSA) is 230 Å². The molecule has 0 aromatic carbocycles. The number of guanidine groups is 1. The number of rotatable bonds is 9. The summed E-state index contributed by atoms with van der Waals surface area (Å²) in [6, 6.07) is -1.01. The van der Waals surface area contributed by atoms with Crippen LogP contribution >= 0.6 is 0 Å². The van der Waals surface area contributed by atoms with Crippen molar-refractivity contribution in [3.05, 3.63) is 15.9 Å². The molecule has 0 aliphatic carbocycles. The van der Waals surface area contributed by atoms with Gasteiger partial charge in [0.15, 0.2) is 5.96 Å². The van der Waals surface area contributed by atoms with Crippen molar-refractivity contribution in [1.29, 1.82) is 0 Å². The number of carbonyl (C=O) groups is 2. The summed E-state index contributed by atoms with van der Waals surface area (Å²) in [4.78, 5) is 48.4. The molecule has 0 radical (unpaired) electrons. The van der Waals surface area contributed by atoms with Crippen LogP contribution in [-0.2, 0) is 16.0 Å². The number of ether oxygens (including phenoxy) is 1. The van der Waals surface area contributed by atoms with Gasteiger partial charge >= 0.3 is 6.09 Å². The number of hydrogen-bond donors (Lipinski definition) is 8. The Morgan fingerprint density at radius 2 is 2.00 bits per heavy atom. The van der Waals surface area contributed by atoms with Gasteiger partial charge in [-0.25, -0.2) is 4.79 Å². The molecule has 1 aliphatic heterocycles. The van der Waals surface area contributed by atoms with E-state index in [0.29, 0.717) is 12.0 Å². The van der Waals surface area contributed by atoms with Crippen LogP contribution in [0.3, 0.4) is 0 Å². The second kappa shape index (κ2) is 11.8. The van der Waals surface area contributed by atoms with Gasteiger partial charge in [-0.05, 0) is 47.0 Å². The van der Waals surface area contributed by atoms with Gasteiger partial charge in [-0.1, -0.05) is 0 Å². The standard InChI is InChI=1S/C21H36N8O6/c1-10(30)14(31)11-8-12-15(25-9-11)27-19(28-16(12)32)29-17(33)13(6-5-7-24-18(22)23)26-20(34)35-21(2,3)4/h10-11,13-14,30-31H,5-9H2,1-4H3,(H,26,34)(H4,22,23,24)(H3,25,27,28,29,32,33)/t10-,11?,13-,14-/m0/s1. The lowest BCUT2D eigenvalue weighted by atomic mass is 9.89. The molecule has 1 unspecified atom stereocenters. The number of H-pyrrole nitrogens is 1. The van der Waals surface area contributed by atoms with Crippen molar-refractivity contribution >= 4 is 29.7 Å². The number of aromatic nitrogens is 2. The molecule has 10 N–H and O–H groups in total. The van der Waals surface area contributed by atoms with Gasteiger partial charge in [0.2, 0.25) is 11.9 Å². The Kier molecular flexibility index (Phi) is 9.42. The normalized spacial score (nSPS) is 17.7. The van der Waals surface area contributed by atoms with Gasteiger partial charge in [-0.2, -0.15) is 4.98 Å². The van der Waals surface area contributed by atoms with Gasteiger partial charge in [0, 0.05) is 19.0 Å². The lowest BCUT2D eigenvalue weighted by molar-refractivity contribution is -0.118. The number of aromatic amines is 1. The van der Waals surface area contributed by atoms with Crippen molar-refractivity contribution < 1.29 is 24.5 Å². The highest BCUT2D eigenvalue weighted by Gasteiger charge is 2.31. The average Bonchev–Trinajstić information content (AvgIpc) is 2.73. The van der Waals surface area contributed by atoms with Crippen LogP contribution in [0.1, 0.15) is 46.1 Å². The number of nitrogens with two attached hydrogens (primary N) is 2. The minimum Gasteiger partial charge on any atom is -0.444 e. The SMILES string of the molecule is C[C@H](O)[C@H](O)C1CNc2nc(NC(=O)[C@H](CCCN=C(N)N)NC(=O)OC(C)(C)C)[nH]c(=O)c2C1. The van der Waals surface area contributed by atoms with E-state index in [4.69, 9.17) is 16.2 Å². The molecule has 0 saturated heterocycles. The number of nitrogens with one attached hydrogen (secondary N) is 4. The Labute approximate surface area is 202 Å². The van der Waals surface area contributed by atoms with E-state index < -0.39 is 41.4 Å². The van der Waals surface area contributed by atoms with Crippen LogP contribution in [0.15, 0.2) is 9.79 Å². The Balaban J connectivity index is 2.14. The summed E-state index contributed by atoms with van der Waals surface area (Å²) in [5.41, 5.74) is 9.68. The van der Waals surface area contributed by atoms with Crippen molar-refractivity contribution in [2.75, 3.05) is 23.7 Å². The summed E-state index contributed by atoms with van der Waals surface area (Å²) < 4.78 is 5.23. The van der Waals surface area contributed by atoms with Crippen molar-refractivity contribution in [1.82, 2.24) is 15.3 Å². The van der Waals surface area contributed by atoms with Crippen molar-refractivity contribution in [2.24, 2.45) is 22.4 Å². The monoisotopic (exact) mass is 496 g/mol. The third-order valence-electron chi connectivity index (χ3n) is 5.19. The molecule has 2 rings (SSSR count). The number of aliphatic hydroxyl groups excluding tert-OH is 2. The minimum absolute atomic E-state index is 0.0855. The maximum Gasteiger partial charge on any atom is 0.408 e. The third-order valence-corrected chi connectivity index (χ3v) is 5.19. The zero-order valence-electron chi connectivity index (χ0n) is 20.4. The number of carbonyl (C=O) groups excluding carboxylic acids is 2. The Bertz CT molecular complexity index is 983. The van der Waals surface area contributed by atoms with Gasteiger partial charge in [-0.3, -0.25) is 24.9 Å². The van der Waals surface area contributed by atoms with E-state index in [9.17, 15) is 24.6 Å². The third kappa shape index (κ3) is 8.72. The summed E-state index contributed by atoms with van der Waals surface area (Å²) in [5, 5.41) is 27.7. The van der Waals surface area contributed by atoms with E-state index in [1.165, 1.54) is 6.92 Å². The predicted molar refractivity (Wildman–Crippen MR) is 130 cm³/mol. The van der Waals surface area contributed by atoms with Crippen molar-refractivity contribution in [2.45, 2.75) is 70.8 Å². The number of nitrogens with zero attached hydrogens (tertiary/aromatic N) is 2. The first-order valence-electron chi connectivity index (χ1n) is 11.4. The molecular weight excluding hydrogens is 460 g/mol. The van der Waals surface area contributed by atoms with Crippen molar-refractivity contribution in [3.63, 3.8) is 0 Å². The van der Waals surface area contributed by atoms with Gasteiger partial charge in [-0.15, -0.1) is 0 Å². The highest BCUT2D eigenvalue weighted by atomic mass is 16.6. The second-order valence-electron chi connectivity index (χ2n) is 9.45. The molecule has 1 aromatic rings. The number of alkyl carbamates (subject to hydrolysis) is 1. The summed E-state index contributed by atoms with van der Waals surface area (Å²) in [5.74, 6) is -0.929. The van der Waals surface area contributed by atoms with Crippen LogP contribution in [0, 0.1) is 5.92 Å². The molecule has 2 amide bonds. The van der Waals surface area contributed by atoms with E-state index >= 15 is 0 Å². The number of aliphatic imine (C=N–C) groups is 1. The fourth-order valence-corrected chi connectivity index (χ4v) is 3.52. The van der Waals surface area contributed by atoms with Gasteiger partial charge < -0.3 is 37.1 Å². The van der Waals surface area contributed by atoms with Gasteiger partial charge in [0.05, 0.1) is 17.8 Å². The minimum atomic E-state index is -1.01. The first kappa shape index (κ1) is 27.9. The van der Waals surface area contributed by atoms with Crippen molar-refractivity contribution in [3.8, 4) is 0 Å². The lowest BCUT2D eigenvalue weighted by Crippen LogP contribution is -2.46. The first-order chi connectivity index (χ1) is 16.3. The van der Waals surface area contributed by atoms with Crippen LogP contribution in [0.4, 0.5) is 16.6 Å². The van der Waals surface area contributed by atoms with Crippen LogP contribution in [0.25, 0.3) is 0 Å². The first-order valence-corrected chi connectivity index (χ1v) is 11.4. The lowest BCUT2D eigenvalue weighted by Gasteiger charge is -2.30. The number of fused-ring (bicyclic) bond motifs is 1. The van der Waals surface area contributed by atoms with Crippen LogP contribution < -0.4 is 33.0 Å². The molecule has 0 spiro atoms. The number of anilines is 2. The molecule has 14 nitrogen and oxygen atoms in total. The van der Waals surface area contributed by atoms with E-state index in [-0.39, 0.29) is 49.6 Å². The fourth-order valence-electron chi connectivity index (χ4n) is 3.52. The molecule has 1 aliphatic rings. The van der Waals surface area contributed by atoms with E-state index in [1.807, 2.05) is 0 Å². The molecule has 14 heteroatoms. The number of hydrogen-bond acceptors (Lipinski definition) is 9. The van der Waals surface area contributed by atoms with E-state index in [2.05, 4.69) is 30.9 Å². The van der Waals surface area contributed by atoms with Crippen LogP contribution in [0.2, 0.25) is 0 Å². The Morgan fingerprint density at radius 3 is 2.60 bits per heavy atom. The molecule has 4 atom stereocenters. The predicted octanol–water partition coefficient (Wildman–Crippen LogP) is -1.02. The molecule has 0 saturated carbocycles. The quantitative estimate of drug-likeness (QED) is 0.118. The highest BCUT2D eigenvalue weighted by Crippen LogP contribution is 2.24. The van der Waals surface area contributed by atoms with Gasteiger partial charge in [0.1, 0.15) is 17.5 Å². The molecule has 35 heavy (non-hydrogen) atoms. The van der Waals surface area contributed by atoms with Crippen LogP contribution in [-0.4, -0.2) is 75.1 Å². The highest BCUT2D eigenvalue weighted by molar-refractivity contribution is 5.95. The molecule has 0 bridgehead atoms.